The van der Waals surface area contributed by atoms with Gasteiger partial charge in [0, 0.05) is 51.3 Å². The summed E-state index contributed by atoms with van der Waals surface area (Å²) in [5.41, 5.74) is 7.75. The minimum Gasteiger partial charge on any atom is -0.492 e. The number of nitrogens with one attached hydrogen (secondary N) is 1. The van der Waals surface area contributed by atoms with Crippen molar-refractivity contribution < 1.29 is 19.1 Å². The summed E-state index contributed by atoms with van der Waals surface area (Å²) < 4.78 is 11.5. The highest BCUT2D eigenvalue weighted by Crippen LogP contribution is 2.38. The van der Waals surface area contributed by atoms with Crippen molar-refractivity contribution in [3.63, 3.8) is 0 Å². The number of amides is 2. The highest BCUT2D eigenvalue weighted by atomic mass is 35.5. The highest BCUT2D eigenvalue weighted by molar-refractivity contribution is 6.56. The first-order chi connectivity index (χ1) is 14.9. The van der Waals surface area contributed by atoms with E-state index in [1.54, 1.807) is 13.9 Å². The summed E-state index contributed by atoms with van der Waals surface area (Å²) in [6, 6.07) is 1.58. The van der Waals surface area contributed by atoms with Gasteiger partial charge in [-0.1, -0.05) is 11.6 Å². The normalized spacial score (nSPS) is 22.1. The van der Waals surface area contributed by atoms with Gasteiger partial charge in [0.25, 0.3) is 5.91 Å². The lowest BCUT2D eigenvalue weighted by Crippen LogP contribution is -2.49. The van der Waals surface area contributed by atoms with E-state index in [2.05, 4.69) is 10.2 Å². The summed E-state index contributed by atoms with van der Waals surface area (Å²) in [4.78, 5) is 28.7. The summed E-state index contributed by atoms with van der Waals surface area (Å²) in [6.07, 6.45) is 2.68. The SMILES string of the molecule is BC(=O)N1CCC(CN2CCO[C@@H](CNC(=O)c3cc(Cl)c(N)c4c3OCC4)C2)CC1. The number of fused-ring (bicyclic) bond motifs is 1. The number of nitrogens with two attached hydrogens (primary N) is 1. The third kappa shape index (κ3) is 5.10. The van der Waals surface area contributed by atoms with Crippen LogP contribution < -0.4 is 15.8 Å². The lowest BCUT2D eigenvalue weighted by atomic mass is 9.94. The predicted molar refractivity (Wildman–Crippen MR) is 122 cm³/mol. The van der Waals surface area contributed by atoms with Crippen molar-refractivity contribution in [3.8, 4) is 5.75 Å². The average Bonchev–Trinajstić information content (AvgIpc) is 3.25. The molecule has 0 bridgehead atoms. The van der Waals surface area contributed by atoms with Gasteiger partial charge in [-0.2, -0.15) is 0 Å². The maximum absolute atomic E-state index is 12.8. The number of anilines is 1. The second-order valence-corrected chi connectivity index (χ2v) is 9.04. The molecule has 0 unspecified atom stereocenters. The Hall–Kier alpha value is -1.97. The molecular weight excluding hydrogens is 419 g/mol. The van der Waals surface area contributed by atoms with E-state index in [1.165, 1.54) is 0 Å². The number of piperidine rings is 1. The van der Waals surface area contributed by atoms with Crippen LogP contribution in [-0.2, 0) is 11.2 Å². The van der Waals surface area contributed by atoms with Crippen molar-refractivity contribution in [3.05, 3.63) is 22.2 Å². The predicted octanol–water partition coefficient (Wildman–Crippen LogP) is 0.753. The van der Waals surface area contributed by atoms with Crippen LogP contribution in [0, 0.1) is 5.92 Å². The van der Waals surface area contributed by atoms with Gasteiger partial charge in [0.2, 0.25) is 7.85 Å². The molecule has 3 heterocycles. The molecule has 2 saturated heterocycles. The maximum atomic E-state index is 12.8. The molecule has 10 heteroatoms. The fraction of sp³-hybridized carbons (Fsp3) is 0.619. The van der Waals surface area contributed by atoms with E-state index in [9.17, 15) is 9.59 Å². The monoisotopic (exact) mass is 448 g/mol. The number of hydrogen-bond donors (Lipinski definition) is 2. The number of benzene rings is 1. The fourth-order valence-electron chi connectivity index (χ4n) is 4.70. The second-order valence-electron chi connectivity index (χ2n) is 8.64. The number of halogens is 1. The molecular formula is C21H30BClN4O4. The number of likely N-dealkylation sites (tertiary alicyclic amines) is 1. The van der Waals surface area contributed by atoms with Crippen LogP contribution in [0.2, 0.25) is 5.02 Å². The molecule has 2 fully saturated rings. The lowest BCUT2D eigenvalue weighted by molar-refractivity contribution is -0.0329. The van der Waals surface area contributed by atoms with E-state index < -0.39 is 0 Å². The van der Waals surface area contributed by atoms with Crippen molar-refractivity contribution in [2.24, 2.45) is 5.92 Å². The molecule has 0 spiro atoms. The zero-order valence-electron chi connectivity index (χ0n) is 18.0. The van der Waals surface area contributed by atoms with Crippen LogP contribution in [0.3, 0.4) is 0 Å². The van der Waals surface area contributed by atoms with Crippen LogP contribution in [0.1, 0.15) is 28.8 Å². The van der Waals surface area contributed by atoms with E-state index in [0.717, 1.165) is 51.1 Å². The van der Waals surface area contributed by atoms with Crippen LogP contribution in [-0.4, -0.2) is 87.9 Å². The Morgan fingerprint density at radius 3 is 2.77 bits per heavy atom. The first-order valence-electron chi connectivity index (χ1n) is 11.0. The molecule has 3 aliphatic rings. The van der Waals surface area contributed by atoms with Gasteiger partial charge in [0.05, 0.1) is 35.6 Å². The number of nitrogens with zero attached hydrogens (tertiary/aromatic N) is 2. The molecule has 2 amide bonds. The van der Waals surface area contributed by atoms with Crippen LogP contribution in [0.5, 0.6) is 5.75 Å². The van der Waals surface area contributed by atoms with Crippen molar-refractivity contribution in [2.75, 3.05) is 58.2 Å². The molecule has 168 valence electrons. The standard InChI is InChI=1S/C21H30BClN4O4/c22-21(29)27-4-1-13(2-5-27)11-26-6-8-30-14(12-26)10-25-20(28)16-9-17(23)18(24)15-3-7-31-19(15)16/h9,13-14H,1-8,10-12,22,24H2,(H,25,28)/t14-/m0/s1. The highest BCUT2D eigenvalue weighted by Gasteiger charge is 2.28. The summed E-state index contributed by atoms with van der Waals surface area (Å²) in [7, 11) is 1.64. The molecule has 0 saturated carbocycles. The van der Waals surface area contributed by atoms with Gasteiger partial charge in [0.15, 0.2) is 5.81 Å². The summed E-state index contributed by atoms with van der Waals surface area (Å²) in [5.74, 6) is 1.08. The lowest BCUT2D eigenvalue weighted by Gasteiger charge is -2.38. The average molecular weight is 449 g/mol. The smallest absolute Gasteiger partial charge is 0.255 e. The minimum absolute atomic E-state index is 0.0618. The second kappa shape index (κ2) is 9.67. The van der Waals surface area contributed by atoms with Crippen LogP contribution in [0.25, 0.3) is 0 Å². The van der Waals surface area contributed by atoms with Gasteiger partial charge in [-0.3, -0.25) is 14.5 Å². The van der Waals surface area contributed by atoms with E-state index >= 15 is 0 Å². The molecule has 0 radical (unpaired) electrons. The number of carbonyl (C=O) groups excluding carboxylic acids is 2. The Balaban J connectivity index is 1.28. The van der Waals surface area contributed by atoms with Crippen LogP contribution >= 0.6 is 11.6 Å². The zero-order chi connectivity index (χ0) is 22.0. The number of ether oxygens (including phenoxy) is 2. The molecule has 4 rings (SSSR count). The molecule has 1 aromatic carbocycles. The van der Waals surface area contributed by atoms with Gasteiger partial charge in [-0.25, -0.2) is 0 Å². The third-order valence-corrected chi connectivity index (χ3v) is 6.82. The summed E-state index contributed by atoms with van der Waals surface area (Å²) in [5, 5.41) is 3.35. The molecule has 0 aromatic heterocycles. The first-order valence-corrected chi connectivity index (χ1v) is 11.4. The van der Waals surface area contributed by atoms with E-state index in [4.69, 9.17) is 26.8 Å². The van der Waals surface area contributed by atoms with Crippen molar-refractivity contribution in [1.29, 1.82) is 0 Å². The topological polar surface area (TPSA) is 97.1 Å². The molecule has 3 aliphatic heterocycles. The van der Waals surface area contributed by atoms with E-state index in [0.29, 0.717) is 54.1 Å². The van der Waals surface area contributed by atoms with Gasteiger partial charge in [-0.15, -0.1) is 0 Å². The van der Waals surface area contributed by atoms with Gasteiger partial charge >= 0.3 is 0 Å². The first kappa shape index (κ1) is 22.2. The maximum Gasteiger partial charge on any atom is 0.255 e. The van der Waals surface area contributed by atoms with Crippen molar-refractivity contribution in [2.45, 2.75) is 25.4 Å². The Morgan fingerprint density at radius 2 is 2.03 bits per heavy atom. The molecule has 31 heavy (non-hydrogen) atoms. The fourth-order valence-corrected chi connectivity index (χ4v) is 4.93. The van der Waals surface area contributed by atoms with Gasteiger partial charge < -0.3 is 25.4 Å². The Labute approximate surface area is 188 Å². The van der Waals surface area contributed by atoms with E-state index in [-0.39, 0.29) is 17.8 Å². The quantitative estimate of drug-likeness (QED) is 0.510. The largest absolute Gasteiger partial charge is 0.492 e. The number of morpholine rings is 1. The summed E-state index contributed by atoms with van der Waals surface area (Å²) >= 11 is 6.21. The Morgan fingerprint density at radius 1 is 1.26 bits per heavy atom. The Bertz CT molecular complexity index is 847. The molecule has 3 N–H and O–H groups in total. The van der Waals surface area contributed by atoms with E-state index in [1.807, 2.05) is 4.90 Å². The third-order valence-electron chi connectivity index (χ3n) is 6.50. The van der Waals surface area contributed by atoms with Gasteiger partial charge in [-0.05, 0) is 24.8 Å². The Kier molecular flexibility index (Phi) is 6.94. The van der Waals surface area contributed by atoms with Gasteiger partial charge in [0.1, 0.15) is 5.75 Å². The van der Waals surface area contributed by atoms with Crippen molar-refractivity contribution >= 4 is 36.8 Å². The number of carbonyl (C=O) groups is 2. The molecule has 0 aliphatic carbocycles. The van der Waals surface area contributed by atoms with Crippen LogP contribution in [0.15, 0.2) is 6.07 Å². The number of rotatable bonds is 5. The van der Waals surface area contributed by atoms with Crippen molar-refractivity contribution in [1.82, 2.24) is 15.1 Å². The number of hydrogen-bond acceptors (Lipinski definition) is 6. The number of nitrogen functional groups attached to an aromatic ring is 1. The molecule has 8 nitrogen and oxygen atoms in total. The summed E-state index contributed by atoms with van der Waals surface area (Å²) in [6.45, 7) is 5.96. The molecule has 1 aromatic rings. The minimum atomic E-state index is -0.225. The zero-order valence-corrected chi connectivity index (χ0v) is 18.7. The molecule has 1 atom stereocenters. The van der Waals surface area contributed by atoms with Crippen LogP contribution in [0.4, 0.5) is 10.5 Å².